The van der Waals surface area contributed by atoms with Crippen molar-refractivity contribution >= 4 is 28.8 Å². The van der Waals surface area contributed by atoms with E-state index in [2.05, 4.69) is 16.8 Å². The van der Waals surface area contributed by atoms with Crippen molar-refractivity contribution < 1.29 is 14.3 Å². The summed E-state index contributed by atoms with van der Waals surface area (Å²) in [5, 5.41) is 4.97. The standard InChI is InChI=1S/C20H24N2O3S/c23-19(5-1-3-18-4-2-14-26-18)21-17-8-6-16(7-9-17)15-20(24)22-10-12-25-13-11-22/h2,4,6-9,14H,1,3,5,10-13,15H2,(H,21,23). The van der Waals surface area contributed by atoms with Gasteiger partial charge in [-0.2, -0.15) is 0 Å². The predicted molar refractivity (Wildman–Crippen MR) is 103 cm³/mol. The highest BCUT2D eigenvalue weighted by molar-refractivity contribution is 7.09. The largest absolute Gasteiger partial charge is 0.378 e. The number of hydrogen-bond donors (Lipinski definition) is 1. The number of thiophene rings is 1. The number of hydrogen-bond acceptors (Lipinski definition) is 4. The van der Waals surface area contributed by atoms with E-state index in [4.69, 9.17) is 4.74 Å². The van der Waals surface area contributed by atoms with Crippen molar-refractivity contribution in [3.8, 4) is 0 Å². The molecule has 1 fully saturated rings. The van der Waals surface area contributed by atoms with E-state index >= 15 is 0 Å². The van der Waals surface area contributed by atoms with Gasteiger partial charge in [-0.3, -0.25) is 9.59 Å². The van der Waals surface area contributed by atoms with Crippen LogP contribution in [-0.4, -0.2) is 43.0 Å². The van der Waals surface area contributed by atoms with Crippen molar-refractivity contribution in [1.29, 1.82) is 0 Å². The quantitative estimate of drug-likeness (QED) is 0.812. The minimum atomic E-state index is 0.0266. The molecule has 0 bridgehead atoms. The minimum Gasteiger partial charge on any atom is -0.378 e. The van der Waals surface area contributed by atoms with Gasteiger partial charge in [0.25, 0.3) is 0 Å². The molecule has 5 nitrogen and oxygen atoms in total. The molecule has 2 amide bonds. The maximum atomic E-state index is 12.2. The van der Waals surface area contributed by atoms with Crippen molar-refractivity contribution in [2.45, 2.75) is 25.7 Å². The monoisotopic (exact) mass is 372 g/mol. The van der Waals surface area contributed by atoms with Gasteiger partial charge in [0.2, 0.25) is 11.8 Å². The van der Waals surface area contributed by atoms with Crippen LogP contribution < -0.4 is 5.32 Å². The van der Waals surface area contributed by atoms with E-state index in [0.717, 1.165) is 24.1 Å². The molecule has 0 atom stereocenters. The van der Waals surface area contributed by atoms with E-state index in [1.54, 1.807) is 11.3 Å². The Morgan fingerprint density at radius 3 is 2.58 bits per heavy atom. The van der Waals surface area contributed by atoms with Gasteiger partial charge in [0, 0.05) is 30.1 Å². The summed E-state index contributed by atoms with van der Waals surface area (Å²) >= 11 is 1.73. The summed E-state index contributed by atoms with van der Waals surface area (Å²) in [5.41, 5.74) is 1.73. The number of nitrogens with zero attached hydrogens (tertiary/aromatic N) is 1. The van der Waals surface area contributed by atoms with Gasteiger partial charge in [0.05, 0.1) is 19.6 Å². The molecule has 0 aliphatic carbocycles. The van der Waals surface area contributed by atoms with Crippen molar-refractivity contribution in [2.75, 3.05) is 31.6 Å². The first-order valence-corrected chi connectivity index (χ1v) is 9.85. The summed E-state index contributed by atoms with van der Waals surface area (Å²) in [4.78, 5) is 27.4. The van der Waals surface area contributed by atoms with Crippen LogP contribution in [0.3, 0.4) is 0 Å². The Balaban J connectivity index is 1.41. The topological polar surface area (TPSA) is 58.6 Å². The van der Waals surface area contributed by atoms with Gasteiger partial charge in [0.1, 0.15) is 0 Å². The smallest absolute Gasteiger partial charge is 0.227 e. The number of carbonyl (C=O) groups is 2. The molecule has 1 N–H and O–H groups in total. The second-order valence-corrected chi connectivity index (χ2v) is 7.38. The van der Waals surface area contributed by atoms with Crippen molar-refractivity contribution in [2.24, 2.45) is 0 Å². The van der Waals surface area contributed by atoms with Crippen molar-refractivity contribution in [1.82, 2.24) is 4.90 Å². The Labute approximate surface area is 158 Å². The third-order valence-electron chi connectivity index (χ3n) is 4.36. The summed E-state index contributed by atoms with van der Waals surface area (Å²) < 4.78 is 5.27. The van der Waals surface area contributed by atoms with E-state index in [9.17, 15) is 9.59 Å². The van der Waals surface area contributed by atoms with Crippen molar-refractivity contribution in [3.63, 3.8) is 0 Å². The molecule has 2 aromatic rings. The van der Waals surface area contributed by atoms with Gasteiger partial charge >= 0.3 is 0 Å². The molecule has 1 aromatic carbocycles. The lowest BCUT2D eigenvalue weighted by Crippen LogP contribution is -2.41. The first kappa shape index (κ1) is 18.6. The second kappa shape index (κ2) is 9.50. The number of carbonyl (C=O) groups excluding carboxylic acids is 2. The lowest BCUT2D eigenvalue weighted by molar-refractivity contribution is -0.134. The maximum Gasteiger partial charge on any atom is 0.227 e. The zero-order valence-electron chi connectivity index (χ0n) is 14.8. The first-order valence-electron chi connectivity index (χ1n) is 8.97. The van der Waals surface area contributed by atoms with Crippen LogP contribution in [-0.2, 0) is 27.2 Å². The number of amides is 2. The molecule has 26 heavy (non-hydrogen) atoms. The molecule has 0 radical (unpaired) electrons. The number of anilines is 1. The number of aryl methyl sites for hydroxylation is 1. The van der Waals surface area contributed by atoms with Crippen LogP contribution in [0.2, 0.25) is 0 Å². The maximum absolute atomic E-state index is 12.2. The average molecular weight is 372 g/mol. The lowest BCUT2D eigenvalue weighted by atomic mass is 10.1. The predicted octanol–water partition coefficient (Wildman–Crippen LogP) is 3.11. The third kappa shape index (κ3) is 5.68. The normalized spacial score (nSPS) is 14.2. The number of rotatable bonds is 7. The van der Waals surface area contributed by atoms with E-state index in [1.807, 2.05) is 35.2 Å². The minimum absolute atomic E-state index is 0.0266. The average Bonchev–Trinajstić information content (AvgIpc) is 3.17. The Bertz CT molecular complexity index is 707. The number of ether oxygens (including phenoxy) is 1. The molecular weight excluding hydrogens is 348 g/mol. The summed E-state index contributed by atoms with van der Waals surface area (Å²) in [7, 11) is 0. The molecule has 138 valence electrons. The van der Waals surface area contributed by atoms with Gasteiger partial charge in [0.15, 0.2) is 0 Å². The van der Waals surface area contributed by atoms with E-state index < -0.39 is 0 Å². The van der Waals surface area contributed by atoms with Crippen LogP contribution in [0, 0.1) is 0 Å². The highest BCUT2D eigenvalue weighted by Crippen LogP contribution is 2.14. The molecule has 0 spiro atoms. The molecule has 1 aromatic heterocycles. The zero-order chi connectivity index (χ0) is 18.2. The van der Waals surface area contributed by atoms with Crippen LogP contribution in [0.25, 0.3) is 0 Å². The Hall–Kier alpha value is -2.18. The fourth-order valence-corrected chi connectivity index (χ4v) is 3.66. The van der Waals surface area contributed by atoms with Gasteiger partial charge in [-0.1, -0.05) is 18.2 Å². The molecular formula is C20H24N2O3S. The molecule has 2 heterocycles. The van der Waals surface area contributed by atoms with Crippen LogP contribution in [0.15, 0.2) is 41.8 Å². The molecule has 6 heteroatoms. The van der Waals surface area contributed by atoms with E-state index in [0.29, 0.717) is 39.1 Å². The number of nitrogens with one attached hydrogen (secondary N) is 1. The molecule has 1 aliphatic rings. The van der Waals surface area contributed by atoms with Gasteiger partial charge in [-0.25, -0.2) is 0 Å². The molecule has 3 rings (SSSR count). The summed E-state index contributed by atoms with van der Waals surface area (Å²) in [6.07, 6.45) is 2.68. The first-order chi connectivity index (χ1) is 12.7. The molecule has 1 aliphatic heterocycles. The zero-order valence-corrected chi connectivity index (χ0v) is 15.6. The lowest BCUT2D eigenvalue weighted by Gasteiger charge is -2.26. The second-order valence-electron chi connectivity index (χ2n) is 6.35. The fourth-order valence-electron chi connectivity index (χ4n) is 2.91. The van der Waals surface area contributed by atoms with Crippen LogP contribution >= 0.6 is 11.3 Å². The highest BCUT2D eigenvalue weighted by Gasteiger charge is 2.16. The molecule has 0 saturated carbocycles. The summed E-state index contributed by atoms with van der Waals surface area (Å²) in [5.74, 6) is 0.150. The highest BCUT2D eigenvalue weighted by atomic mass is 32.1. The molecule has 1 saturated heterocycles. The molecule has 0 unspecified atom stereocenters. The van der Waals surface area contributed by atoms with Crippen molar-refractivity contribution in [3.05, 3.63) is 52.2 Å². The van der Waals surface area contributed by atoms with Crippen LogP contribution in [0.1, 0.15) is 23.3 Å². The summed E-state index contributed by atoms with van der Waals surface area (Å²) in [6.45, 7) is 2.56. The SMILES string of the molecule is O=C(CCCc1cccs1)Nc1ccc(CC(=O)N2CCOCC2)cc1. The van der Waals surface area contributed by atoms with Crippen LogP contribution in [0.4, 0.5) is 5.69 Å². The van der Waals surface area contributed by atoms with E-state index in [-0.39, 0.29) is 11.8 Å². The van der Waals surface area contributed by atoms with E-state index in [1.165, 1.54) is 4.88 Å². The Morgan fingerprint density at radius 1 is 1.12 bits per heavy atom. The fraction of sp³-hybridized carbons (Fsp3) is 0.400. The van der Waals surface area contributed by atoms with Gasteiger partial charge < -0.3 is 15.0 Å². The summed E-state index contributed by atoms with van der Waals surface area (Å²) in [6, 6.07) is 11.7. The van der Waals surface area contributed by atoms with Gasteiger partial charge in [-0.15, -0.1) is 11.3 Å². The Kier molecular flexibility index (Phi) is 6.80. The Morgan fingerprint density at radius 2 is 1.88 bits per heavy atom. The number of benzene rings is 1. The number of morpholine rings is 1. The van der Waals surface area contributed by atoms with Gasteiger partial charge in [-0.05, 0) is 42.0 Å². The third-order valence-corrected chi connectivity index (χ3v) is 5.30. The van der Waals surface area contributed by atoms with Crippen LogP contribution in [0.5, 0.6) is 0 Å².